The van der Waals surface area contributed by atoms with Crippen molar-refractivity contribution in [1.82, 2.24) is 19.9 Å². The number of benzene rings is 1. The number of hydrogen-bond acceptors (Lipinski definition) is 7. The second kappa shape index (κ2) is 9.84. The fraction of sp³-hybridized carbons (Fsp3) is 0.435. The first-order valence-corrected chi connectivity index (χ1v) is 11.1. The van der Waals surface area contributed by atoms with Crippen LogP contribution in [0.5, 0.6) is 5.75 Å². The van der Waals surface area contributed by atoms with Gasteiger partial charge >= 0.3 is 0 Å². The molecular weight excluding hydrogens is 409 g/mol. The molecular formula is C23H30FN7O. The highest BCUT2D eigenvalue weighted by Gasteiger charge is 2.24. The number of nitrogen functional groups attached to an aromatic ring is 1. The van der Waals surface area contributed by atoms with E-state index >= 15 is 0 Å². The Morgan fingerprint density at radius 3 is 2.72 bits per heavy atom. The number of aromatic amines is 1. The van der Waals surface area contributed by atoms with Gasteiger partial charge in [-0.25, -0.2) is 4.39 Å². The van der Waals surface area contributed by atoms with Crippen molar-refractivity contribution in [2.75, 3.05) is 29.6 Å². The van der Waals surface area contributed by atoms with E-state index in [-0.39, 0.29) is 17.7 Å². The van der Waals surface area contributed by atoms with Crippen LogP contribution in [0.15, 0.2) is 36.5 Å². The third-order valence-corrected chi connectivity index (χ3v) is 6.00. The number of anilines is 4. The molecule has 1 aromatic carbocycles. The number of nitrogens with two attached hydrogens (primary N) is 1. The van der Waals surface area contributed by atoms with Crippen LogP contribution in [0.4, 0.5) is 27.9 Å². The van der Waals surface area contributed by atoms with Crippen LogP contribution >= 0.6 is 0 Å². The van der Waals surface area contributed by atoms with Gasteiger partial charge in [0.1, 0.15) is 0 Å². The molecule has 0 radical (unpaired) electrons. The fourth-order valence-electron chi connectivity index (χ4n) is 4.25. The van der Waals surface area contributed by atoms with Crippen LogP contribution in [0.1, 0.15) is 50.8 Å². The quantitative estimate of drug-likeness (QED) is 0.462. The lowest BCUT2D eigenvalue weighted by Gasteiger charge is -2.29. The molecule has 0 bridgehead atoms. The Balaban J connectivity index is 1.67. The lowest BCUT2D eigenvalue weighted by molar-refractivity contribution is 0.373. The molecule has 0 spiro atoms. The lowest BCUT2D eigenvalue weighted by atomic mass is 9.89. The van der Waals surface area contributed by atoms with Crippen molar-refractivity contribution in [2.45, 2.75) is 45.1 Å². The first-order chi connectivity index (χ1) is 15.5. The molecule has 1 atom stereocenters. The van der Waals surface area contributed by atoms with Crippen LogP contribution in [0, 0.1) is 11.7 Å². The second-order valence-corrected chi connectivity index (χ2v) is 8.19. The average molecular weight is 440 g/mol. The van der Waals surface area contributed by atoms with Gasteiger partial charge in [0.25, 0.3) is 0 Å². The number of hydrogen-bond donors (Lipinski definition) is 3. The van der Waals surface area contributed by atoms with E-state index in [9.17, 15) is 4.39 Å². The lowest BCUT2D eigenvalue weighted by Crippen LogP contribution is -2.26. The summed E-state index contributed by atoms with van der Waals surface area (Å²) in [5.74, 6) is 1.19. The standard InChI is InChI=1S/C23H30FN7O/c1-15(19-9-6-12-26-19)31(17-10-11-20(32-2)18(24)13-17)23-29-21(25)28-22(30-23)27-14-16-7-4-3-5-8-16/h6,9-13,15-16,26H,3-5,7-8,14H2,1-2H3,(H3,25,27,28,29,30). The van der Waals surface area contributed by atoms with Crippen molar-refractivity contribution in [3.8, 4) is 5.75 Å². The molecule has 1 unspecified atom stereocenters. The van der Waals surface area contributed by atoms with E-state index in [0.717, 1.165) is 12.2 Å². The molecule has 4 N–H and O–H groups in total. The number of nitrogens with one attached hydrogen (secondary N) is 2. The van der Waals surface area contributed by atoms with Crippen molar-refractivity contribution in [1.29, 1.82) is 0 Å². The van der Waals surface area contributed by atoms with Crippen LogP contribution in [-0.4, -0.2) is 33.6 Å². The van der Waals surface area contributed by atoms with Gasteiger partial charge in [-0.3, -0.25) is 0 Å². The summed E-state index contributed by atoms with van der Waals surface area (Å²) < 4.78 is 19.6. The van der Waals surface area contributed by atoms with E-state index in [0.29, 0.717) is 23.5 Å². The first-order valence-electron chi connectivity index (χ1n) is 11.1. The summed E-state index contributed by atoms with van der Waals surface area (Å²) in [6.07, 6.45) is 8.10. The van der Waals surface area contributed by atoms with Gasteiger partial charge in [0.05, 0.1) is 13.2 Å². The van der Waals surface area contributed by atoms with Crippen LogP contribution in [-0.2, 0) is 0 Å². The minimum absolute atomic E-state index is 0.110. The van der Waals surface area contributed by atoms with Gasteiger partial charge in [-0.1, -0.05) is 19.3 Å². The maximum Gasteiger partial charge on any atom is 0.237 e. The molecule has 170 valence electrons. The number of ether oxygens (including phenoxy) is 1. The predicted molar refractivity (Wildman–Crippen MR) is 124 cm³/mol. The Morgan fingerprint density at radius 1 is 1.22 bits per heavy atom. The monoisotopic (exact) mass is 439 g/mol. The van der Waals surface area contributed by atoms with Crippen LogP contribution in [0.2, 0.25) is 0 Å². The summed E-state index contributed by atoms with van der Waals surface area (Å²) in [6.45, 7) is 2.79. The second-order valence-electron chi connectivity index (χ2n) is 8.19. The third kappa shape index (κ3) is 4.92. The smallest absolute Gasteiger partial charge is 0.237 e. The molecule has 32 heavy (non-hydrogen) atoms. The van der Waals surface area contributed by atoms with Crippen molar-refractivity contribution in [2.24, 2.45) is 5.92 Å². The largest absolute Gasteiger partial charge is 0.494 e. The molecule has 0 aliphatic heterocycles. The van der Waals surface area contributed by atoms with E-state index < -0.39 is 5.82 Å². The number of rotatable bonds is 8. The zero-order chi connectivity index (χ0) is 22.5. The molecule has 0 saturated heterocycles. The Kier molecular flexibility index (Phi) is 6.72. The van der Waals surface area contributed by atoms with E-state index in [1.54, 1.807) is 12.1 Å². The Morgan fingerprint density at radius 2 is 2.03 bits per heavy atom. The van der Waals surface area contributed by atoms with Crippen molar-refractivity contribution in [3.63, 3.8) is 0 Å². The summed E-state index contributed by atoms with van der Waals surface area (Å²) in [5, 5.41) is 3.33. The highest BCUT2D eigenvalue weighted by atomic mass is 19.1. The molecule has 4 rings (SSSR count). The maximum atomic E-state index is 14.6. The van der Waals surface area contributed by atoms with E-state index in [4.69, 9.17) is 10.5 Å². The molecule has 0 amide bonds. The maximum absolute atomic E-state index is 14.6. The molecule has 1 aliphatic rings. The van der Waals surface area contributed by atoms with Gasteiger partial charge in [-0.15, -0.1) is 0 Å². The number of H-pyrrole nitrogens is 1. The first kappa shape index (κ1) is 21.9. The van der Waals surface area contributed by atoms with Gasteiger partial charge in [-0.2, -0.15) is 15.0 Å². The molecule has 1 saturated carbocycles. The number of nitrogens with zero attached hydrogens (tertiary/aromatic N) is 4. The fourth-order valence-corrected chi connectivity index (χ4v) is 4.25. The van der Waals surface area contributed by atoms with Crippen molar-refractivity contribution in [3.05, 3.63) is 48.0 Å². The third-order valence-electron chi connectivity index (χ3n) is 6.00. The minimum Gasteiger partial charge on any atom is -0.494 e. The van der Waals surface area contributed by atoms with Gasteiger partial charge in [0.2, 0.25) is 17.8 Å². The van der Waals surface area contributed by atoms with Crippen LogP contribution in [0.25, 0.3) is 0 Å². The van der Waals surface area contributed by atoms with Gasteiger partial charge in [-0.05, 0) is 49.9 Å². The summed E-state index contributed by atoms with van der Waals surface area (Å²) in [6, 6.07) is 8.43. The van der Waals surface area contributed by atoms with E-state index in [1.165, 1.54) is 45.3 Å². The zero-order valence-corrected chi connectivity index (χ0v) is 18.5. The molecule has 1 fully saturated rings. The van der Waals surface area contributed by atoms with E-state index in [2.05, 4.69) is 25.3 Å². The Labute approximate surface area is 187 Å². The predicted octanol–water partition coefficient (Wildman–Crippen LogP) is 4.82. The normalized spacial score (nSPS) is 15.3. The van der Waals surface area contributed by atoms with Crippen LogP contribution in [0.3, 0.4) is 0 Å². The highest BCUT2D eigenvalue weighted by molar-refractivity contribution is 5.62. The Hall–Kier alpha value is -3.36. The van der Waals surface area contributed by atoms with Crippen molar-refractivity contribution < 1.29 is 9.13 Å². The van der Waals surface area contributed by atoms with Crippen LogP contribution < -0.4 is 20.7 Å². The van der Waals surface area contributed by atoms with Crippen molar-refractivity contribution >= 4 is 23.5 Å². The average Bonchev–Trinajstić information content (AvgIpc) is 3.33. The molecule has 8 nitrogen and oxygen atoms in total. The van der Waals surface area contributed by atoms with Gasteiger partial charge in [0, 0.05) is 30.2 Å². The van der Waals surface area contributed by atoms with Gasteiger partial charge < -0.3 is 25.7 Å². The molecule has 9 heteroatoms. The summed E-state index contributed by atoms with van der Waals surface area (Å²) in [7, 11) is 1.44. The van der Waals surface area contributed by atoms with E-state index in [1.807, 2.05) is 30.2 Å². The number of aromatic nitrogens is 4. The Bertz CT molecular complexity index is 1020. The SMILES string of the molecule is COc1ccc(N(c2nc(N)nc(NCC3CCCCC3)n2)C(C)c2ccc[nH]2)cc1F. The molecule has 2 aromatic heterocycles. The number of halogens is 1. The summed E-state index contributed by atoms with van der Waals surface area (Å²) >= 11 is 0. The zero-order valence-electron chi connectivity index (χ0n) is 18.5. The highest BCUT2D eigenvalue weighted by Crippen LogP contribution is 2.35. The number of methoxy groups -OCH3 is 1. The minimum atomic E-state index is -0.466. The van der Waals surface area contributed by atoms with Gasteiger partial charge in [0.15, 0.2) is 11.6 Å². The summed E-state index contributed by atoms with van der Waals surface area (Å²) in [5.41, 5.74) is 7.55. The molecule has 1 aliphatic carbocycles. The topological polar surface area (TPSA) is 105 Å². The summed E-state index contributed by atoms with van der Waals surface area (Å²) in [4.78, 5) is 18.3. The molecule has 3 aromatic rings. The molecule has 2 heterocycles.